The Hall–Kier alpha value is -1.47. The Kier molecular flexibility index (Phi) is 6.45. The average molecular weight is 393 g/mol. The number of alkyl halides is 3. The Morgan fingerprint density at radius 1 is 1.31 bits per heavy atom. The van der Waals surface area contributed by atoms with E-state index in [1.165, 1.54) is 12.1 Å². The summed E-state index contributed by atoms with van der Waals surface area (Å²) in [6.45, 7) is 2.57. The molecule has 1 saturated carbocycles. The van der Waals surface area contributed by atoms with Crippen molar-refractivity contribution in [3.8, 4) is 5.75 Å². The van der Waals surface area contributed by atoms with Crippen molar-refractivity contribution in [2.75, 3.05) is 6.54 Å². The molecule has 146 valence electrons. The summed E-state index contributed by atoms with van der Waals surface area (Å²) in [4.78, 5) is 14.7. The Bertz CT molecular complexity index is 639. The topological polar surface area (TPSA) is 55.6 Å². The van der Waals surface area contributed by atoms with Crippen LogP contribution in [-0.4, -0.2) is 35.8 Å². The normalized spacial score (nSPS) is 26.7. The predicted octanol–water partition coefficient (Wildman–Crippen LogP) is 3.84. The van der Waals surface area contributed by atoms with Crippen molar-refractivity contribution in [1.29, 1.82) is 0 Å². The van der Waals surface area contributed by atoms with Gasteiger partial charge in [0.15, 0.2) is 0 Å². The number of likely N-dealkylation sites (tertiary alicyclic amines) is 1. The molecular formula is C18H24ClF3N2O2. The minimum absolute atomic E-state index is 0. The number of carbonyl (C=O) groups excluding carboxylic acids is 1. The van der Waals surface area contributed by atoms with E-state index in [1.807, 2.05) is 11.8 Å². The highest BCUT2D eigenvalue weighted by Gasteiger charge is 2.49. The third kappa shape index (κ3) is 4.62. The zero-order valence-corrected chi connectivity index (χ0v) is 15.4. The van der Waals surface area contributed by atoms with Crippen LogP contribution >= 0.6 is 12.4 Å². The fraction of sp³-hybridized carbons (Fsp3) is 0.611. The Morgan fingerprint density at radius 3 is 2.65 bits per heavy atom. The zero-order valence-electron chi connectivity index (χ0n) is 14.5. The number of benzene rings is 1. The third-order valence-corrected chi connectivity index (χ3v) is 5.09. The average Bonchev–Trinajstić information content (AvgIpc) is 3.33. The maximum atomic E-state index is 12.9. The van der Waals surface area contributed by atoms with E-state index in [1.54, 1.807) is 12.1 Å². The van der Waals surface area contributed by atoms with E-state index in [-0.39, 0.29) is 48.0 Å². The van der Waals surface area contributed by atoms with Gasteiger partial charge in [0.2, 0.25) is 5.91 Å². The van der Waals surface area contributed by atoms with Crippen LogP contribution in [0.15, 0.2) is 24.3 Å². The monoisotopic (exact) mass is 392 g/mol. The Balaban J connectivity index is 0.00000243. The van der Waals surface area contributed by atoms with Crippen molar-refractivity contribution in [2.45, 2.75) is 57.0 Å². The summed E-state index contributed by atoms with van der Waals surface area (Å²) in [7, 11) is 0. The number of halogens is 4. The molecule has 26 heavy (non-hydrogen) atoms. The predicted molar refractivity (Wildman–Crippen MR) is 94.2 cm³/mol. The lowest BCUT2D eigenvalue weighted by Gasteiger charge is -2.38. The number of rotatable bonds is 4. The maximum Gasteiger partial charge on any atom is 0.573 e. The molecule has 1 heterocycles. The summed E-state index contributed by atoms with van der Waals surface area (Å²) in [6.07, 6.45) is -1.31. The van der Waals surface area contributed by atoms with Gasteiger partial charge in [-0.05, 0) is 50.2 Å². The second-order valence-electron chi connectivity index (χ2n) is 6.99. The SMILES string of the molecule is CC(N)C1CCCCN1C(=O)C1CC1c1ccccc1OC(F)(F)F.Cl. The molecule has 0 bridgehead atoms. The van der Waals surface area contributed by atoms with Crippen LogP contribution < -0.4 is 10.5 Å². The van der Waals surface area contributed by atoms with Crippen LogP contribution in [0, 0.1) is 5.92 Å². The number of hydrogen-bond acceptors (Lipinski definition) is 3. The molecule has 1 saturated heterocycles. The fourth-order valence-corrected chi connectivity index (χ4v) is 3.81. The van der Waals surface area contributed by atoms with Gasteiger partial charge in [0.1, 0.15) is 5.75 Å². The van der Waals surface area contributed by atoms with E-state index in [2.05, 4.69) is 4.74 Å². The molecule has 1 amide bonds. The molecule has 0 aromatic heterocycles. The summed E-state index contributed by atoms with van der Waals surface area (Å²) in [5.74, 6) is -0.703. The first kappa shape index (κ1) is 20.8. The second kappa shape index (κ2) is 8.05. The molecule has 4 nitrogen and oxygen atoms in total. The number of hydrogen-bond donors (Lipinski definition) is 1. The standard InChI is InChI=1S/C18H23F3N2O2.ClH/c1-11(22)15-7-4-5-9-23(15)17(24)14-10-13(14)12-6-2-3-8-16(12)25-18(19,20)21;/h2-3,6,8,11,13-15H,4-5,7,9-10,22H2,1H3;1H. The van der Waals surface area contributed by atoms with Crippen molar-refractivity contribution in [3.63, 3.8) is 0 Å². The number of amides is 1. The van der Waals surface area contributed by atoms with E-state index in [9.17, 15) is 18.0 Å². The van der Waals surface area contributed by atoms with Crippen LogP contribution in [0.2, 0.25) is 0 Å². The van der Waals surface area contributed by atoms with Crippen LogP contribution in [0.4, 0.5) is 13.2 Å². The molecule has 2 fully saturated rings. The second-order valence-corrected chi connectivity index (χ2v) is 6.99. The summed E-state index contributed by atoms with van der Waals surface area (Å²) in [5, 5.41) is 0. The molecule has 2 N–H and O–H groups in total. The number of piperidine rings is 1. The highest BCUT2D eigenvalue weighted by molar-refractivity contribution is 5.85. The lowest BCUT2D eigenvalue weighted by molar-refractivity contribution is -0.274. The molecule has 4 atom stereocenters. The van der Waals surface area contributed by atoms with Crippen molar-refractivity contribution in [2.24, 2.45) is 11.7 Å². The summed E-state index contributed by atoms with van der Waals surface area (Å²) >= 11 is 0. The first-order chi connectivity index (χ1) is 11.8. The first-order valence-electron chi connectivity index (χ1n) is 8.68. The van der Waals surface area contributed by atoms with E-state index >= 15 is 0 Å². The van der Waals surface area contributed by atoms with Gasteiger partial charge < -0.3 is 15.4 Å². The third-order valence-electron chi connectivity index (χ3n) is 5.09. The van der Waals surface area contributed by atoms with E-state index in [0.29, 0.717) is 18.5 Å². The van der Waals surface area contributed by atoms with Crippen LogP contribution in [0.25, 0.3) is 0 Å². The molecule has 0 spiro atoms. The number of nitrogens with zero attached hydrogens (tertiary/aromatic N) is 1. The lowest BCUT2D eigenvalue weighted by atomic mass is 9.96. The largest absolute Gasteiger partial charge is 0.573 e. The summed E-state index contributed by atoms with van der Waals surface area (Å²) < 4.78 is 41.9. The number of ether oxygens (including phenoxy) is 1. The molecule has 2 aliphatic rings. The van der Waals surface area contributed by atoms with Crippen molar-refractivity contribution in [1.82, 2.24) is 4.90 Å². The van der Waals surface area contributed by atoms with E-state index in [4.69, 9.17) is 5.73 Å². The van der Waals surface area contributed by atoms with Crippen LogP contribution in [0.3, 0.4) is 0 Å². The van der Waals surface area contributed by atoms with Gasteiger partial charge in [0.05, 0.1) is 0 Å². The Labute approximate surface area is 157 Å². The summed E-state index contributed by atoms with van der Waals surface area (Å²) in [6, 6.07) is 5.99. The summed E-state index contributed by atoms with van der Waals surface area (Å²) in [5.41, 5.74) is 6.47. The van der Waals surface area contributed by atoms with E-state index < -0.39 is 6.36 Å². The zero-order chi connectivity index (χ0) is 18.2. The van der Waals surface area contributed by atoms with Gasteiger partial charge in [-0.2, -0.15) is 0 Å². The van der Waals surface area contributed by atoms with E-state index in [0.717, 1.165) is 19.3 Å². The van der Waals surface area contributed by atoms with Crippen LogP contribution in [-0.2, 0) is 4.79 Å². The van der Waals surface area contributed by atoms with Gasteiger partial charge in [-0.1, -0.05) is 18.2 Å². The number of nitrogens with two attached hydrogens (primary N) is 1. The van der Waals surface area contributed by atoms with Gasteiger partial charge in [0.25, 0.3) is 0 Å². The molecule has 1 aromatic carbocycles. The minimum Gasteiger partial charge on any atom is -0.405 e. The van der Waals surface area contributed by atoms with Crippen molar-refractivity contribution >= 4 is 18.3 Å². The van der Waals surface area contributed by atoms with Gasteiger partial charge in [-0.25, -0.2) is 0 Å². The highest BCUT2D eigenvalue weighted by Crippen LogP contribution is 2.52. The molecule has 1 aromatic rings. The number of carbonyl (C=O) groups is 1. The highest BCUT2D eigenvalue weighted by atomic mass is 35.5. The van der Waals surface area contributed by atoms with Crippen molar-refractivity contribution < 1.29 is 22.7 Å². The lowest BCUT2D eigenvalue weighted by Crippen LogP contribution is -2.52. The molecule has 0 radical (unpaired) electrons. The molecule has 4 unspecified atom stereocenters. The smallest absolute Gasteiger partial charge is 0.405 e. The van der Waals surface area contributed by atoms with Gasteiger partial charge in [-0.15, -0.1) is 25.6 Å². The van der Waals surface area contributed by atoms with Crippen LogP contribution in [0.5, 0.6) is 5.75 Å². The van der Waals surface area contributed by atoms with Crippen LogP contribution in [0.1, 0.15) is 44.1 Å². The molecule has 1 aliphatic heterocycles. The minimum atomic E-state index is -4.74. The maximum absolute atomic E-state index is 12.9. The molecule has 8 heteroatoms. The first-order valence-corrected chi connectivity index (χ1v) is 8.68. The quantitative estimate of drug-likeness (QED) is 0.847. The van der Waals surface area contributed by atoms with Gasteiger partial charge in [0, 0.05) is 24.5 Å². The molecular weight excluding hydrogens is 369 g/mol. The van der Waals surface area contributed by atoms with Crippen molar-refractivity contribution in [3.05, 3.63) is 29.8 Å². The fourth-order valence-electron chi connectivity index (χ4n) is 3.81. The van der Waals surface area contributed by atoms with Gasteiger partial charge in [-0.3, -0.25) is 4.79 Å². The molecule has 3 rings (SSSR count). The number of para-hydroxylation sites is 1. The Morgan fingerprint density at radius 2 is 2.00 bits per heavy atom. The van der Waals surface area contributed by atoms with Gasteiger partial charge >= 0.3 is 6.36 Å². The molecule has 1 aliphatic carbocycles.